The van der Waals surface area contributed by atoms with Gasteiger partial charge in [-0.25, -0.2) is 13.2 Å². The zero-order valence-corrected chi connectivity index (χ0v) is 28.0. The molecule has 46 heavy (non-hydrogen) atoms. The minimum Gasteiger partial charge on any atom is -0.496 e. The van der Waals surface area contributed by atoms with E-state index >= 15 is 0 Å². The third kappa shape index (κ3) is 6.77. The molecule has 13 nitrogen and oxygen atoms in total. The number of methoxy groups -OCH3 is 1. The van der Waals surface area contributed by atoms with Crippen LogP contribution in [0.25, 0.3) is 10.8 Å². The van der Waals surface area contributed by atoms with E-state index in [0.717, 1.165) is 31.3 Å². The number of fused-ring (bicyclic) bond motifs is 2. The van der Waals surface area contributed by atoms with Crippen molar-refractivity contribution in [2.45, 2.75) is 38.5 Å². The van der Waals surface area contributed by atoms with Gasteiger partial charge in [-0.15, -0.1) is 0 Å². The third-order valence-electron chi connectivity index (χ3n) is 7.90. The lowest BCUT2D eigenvalue weighted by Gasteiger charge is -2.33. The Bertz CT molecular complexity index is 1890. The number of amides is 4. The topological polar surface area (TPSA) is 177 Å². The first-order valence-electron chi connectivity index (χ1n) is 13.9. The van der Waals surface area contributed by atoms with Crippen molar-refractivity contribution < 1.29 is 37.4 Å². The van der Waals surface area contributed by atoms with E-state index in [4.69, 9.17) is 4.74 Å². The van der Waals surface area contributed by atoms with E-state index < -0.39 is 57.5 Å². The van der Waals surface area contributed by atoms with Gasteiger partial charge in [-0.3, -0.25) is 19.3 Å². The average Bonchev–Trinajstić information content (AvgIpc) is 3.07. The highest BCUT2D eigenvalue weighted by Crippen LogP contribution is 2.40. The third-order valence-corrected chi connectivity index (χ3v) is 9.37. The van der Waals surface area contributed by atoms with Crippen molar-refractivity contribution >= 4 is 71.7 Å². The summed E-state index contributed by atoms with van der Waals surface area (Å²) >= 11 is 3.56. The Morgan fingerprint density at radius 1 is 1.15 bits per heavy atom. The number of carbonyl (C=O) groups is 4. The molecule has 15 heteroatoms. The van der Waals surface area contributed by atoms with Crippen LogP contribution in [-0.4, -0.2) is 86.5 Å². The van der Waals surface area contributed by atoms with Gasteiger partial charge in [-0.1, -0.05) is 28.1 Å². The van der Waals surface area contributed by atoms with Gasteiger partial charge in [0.15, 0.2) is 9.84 Å². The summed E-state index contributed by atoms with van der Waals surface area (Å²) in [7, 11) is -1.17. The number of nitrogens with one attached hydrogen (secondary N) is 1. The van der Waals surface area contributed by atoms with Gasteiger partial charge in [0.25, 0.3) is 5.91 Å². The smallest absolute Gasteiger partial charge is 0.407 e. The van der Waals surface area contributed by atoms with Gasteiger partial charge < -0.3 is 25.0 Å². The van der Waals surface area contributed by atoms with Crippen molar-refractivity contribution in [2.24, 2.45) is 0 Å². The molecule has 0 radical (unpaired) electrons. The number of anilines is 2. The number of carboxylic acid groups (broad SMARTS) is 1. The van der Waals surface area contributed by atoms with Crippen molar-refractivity contribution in [3.05, 3.63) is 64.1 Å². The normalized spacial score (nSPS) is 17.0. The fourth-order valence-electron chi connectivity index (χ4n) is 5.37. The molecule has 0 spiro atoms. The summed E-state index contributed by atoms with van der Waals surface area (Å²) in [6, 6.07) is 11.6. The number of likely N-dealkylation sites (N-methyl/N-ethyl adjacent to an activating group) is 1. The van der Waals surface area contributed by atoms with Gasteiger partial charge in [0.2, 0.25) is 11.8 Å². The van der Waals surface area contributed by atoms with Crippen molar-refractivity contribution in [1.82, 2.24) is 10.2 Å². The Morgan fingerprint density at radius 2 is 1.85 bits per heavy atom. The number of nitriles is 1. The molecule has 0 bridgehead atoms. The van der Waals surface area contributed by atoms with Crippen LogP contribution in [0.5, 0.6) is 5.75 Å². The number of hydrogen-bond acceptors (Lipinski definition) is 8. The van der Waals surface area contributed by atoms with Gasteiger partial charge >= 0.3 is 6.09 Å². The van der Waals surface area contributed by atoms with Crippen molar-refractivity contribution in [1.29, 1.82) is 5.26 Å². The molecule has 4 amide bonds. The molecule has 3 aromatic rings. The lowest BCUT2D eigenvalue weighted by Crippen LogP contribution is -2.60. The molecule has 1 aliphatic rings. The first-order chi connectivity index (χ1) is 21.6. The molecule has 2 N–H and O–H groups in total. The van der Waals surface area contributed by atoms with E-state index in [1.807, 2.05) is 30.3 Å². The number of ether oxygens (including phenoxy) is 1. The first kappa shape index (κ1) is 34.2. The number of carbonyl (C=O) groups excluding carboxylic acids is 3. The van der Waals surface area contributed by atoms with Crippen molar-refractivity contribution in [2.75, 3.05) is 36.0 Å². The van der Waals surface area contributed by atoms with Gasteiger partial charge in [0, 0.05) is 23.3 Å². The fraction of sp³-hybridized carbons (Fsp3) is 0.323. The molecular weight excluding hydrogens is 682 g/mol. The summed E-state index contributed by atoms with van der Waals surface area (Å²) in [4.78, 5) is 56.4. The molecule has 242 valence electrons. The summed E-state index contributed by atoms with van der Waals surface area (Å²) in [6.07, 6.45) is -0.481. The Balaban J connectivity index is 1.97. The zero-order valence-electron chi connectivity index (χ0n) is 25.6. The maximum Gasteiger partial charge on any atom is 0.407 e. The predicted molar refractivity (Wildman–Crippen MR) is 174 cm³/mol. The number of benzene rings is 3. The van der Waals surface area contributed by atoms with E-state index in [1.54, 1.807) is 6.07 Å². The van der Waals surface area contributed by atoms with Crippen LogP contribution >= 0.6 is 15.9 Å². The quantitative estimate of drug-likeness (QED) is 0.355. The molecule has 0 unspecified atom stereocenters. The monoisotopic (exact) mass is 713 g/mol. The second kappa shape index (κ2) is 13.4. The number of rotatable bonds is 8. The van der Waals surface area contributed by atoms with E-state index in [1.165, 1.54) is 51.1 Å². The van der Waals surface area contributed by atoms with E-state index in [0.29, 0.717) is 11.3 Å². The number of hydrogen-bond donors (Lipinski definition) is 2. The molecule has 0 aliphatic carbocycles. The highest BCUT2D eigenvalue weighted by Gasteiger charge is 2.43. The fourth-order valence-corrected chi connectivity index (χ4v) is 6.45. The standard InChI is InChI=1S/C31H32BrN5O8S/c1-17-28(34-29(39)18(2)35(3)31(41)42)30(40)36(15-22-20-7-6-8-23(32)21(20)10-12-26(22)45-4)24-11-9-19(14-33)13-25(24)37(17)27(38)16-46(5,43)44/h6-13,17-18,28H,15-16H2,1-5H3,(H,34,39)(H,41,42)/t17-,18-,28-/m0/s1. The number of halogens is 1. The van der Waals surface area contributed by atoms with Gasteiger partial charge in [-0.2, -0.15) is 5.26 Å². The zero-order chi connectivity index (χ0) is 34.1. The molecule has 0 saturated heterocycles. The summed E-state index contributed by atoms with van der Waals surface area (Å²) in [5.74, 6) is -2.83. The highest BCUT2D eigenvalue weighted by atomic mass is 79.9. The van der Waals surface area contributed by atoms with Crippen LogP contribution in [0.2, 0.25) is 0 Å². The Labute approximate surface area is 274 Å². The average molecular weight is 715 g/mol. The number of sulfone groups is 1. The Hall–Kier alpha value is -4.68. The van der Waals surface area contributed by atoms with Crippen LogP contribution in [0.3, 0.4) is 0 Å². The second-order valence-corrected chi connectivity index (χ2v) is 13.9. The minimum absolute atomic E-state index is 0.0846. The maximum absolute atomic E-state index is 14.6. The van der Waals surface area contributed by atoms with Crippen LogP contribution in [0.4, 0.5) is 16.2 Å². The van der Waals surface area contributed by atoms with Crippen LogP contribution in [-0.2, 0) is 30.8 Å². The second-order valence-electron chi connectivity index (χ2n) is 11.0. The van der Waals surface area contributed by atoms with Crippen LogP contribution in [0, 0.1) is 11.3 Å². The summed E-state index contributed by atoms with van der Waals surface area (Å²) < 4.78 is 31.0. The van der Waals surface area contributed by atoms with E-state index in [2.05, 4.69) is 21.2 Å². The lowest BCUT2D eigenvalue weighted by molar-refractivity contribution is -0.130. The van der Waals surface area contributed by atoms with Gasteiger partial charge in [0.05, 0.1) is 42.7 Å². The van der Waals surface area contributed by atoms with Gasteiger partial charge in [0.1, 0.15) is 23.6 Å². The SMILES string of the molecule is COc1ccc2c(Br)cccc2c1CN1C(=O)[C@@H](NC(=O)[C@H](C)N(C)C(=O)O)[C@H](C)N(C(=O)CS(C)(=O)=O)c2cc(C#N)ccc21. The maximum atomic E-state index is 14.6. The summed E-state index contributed by atoms with van der Waals surface area (Å²) in [5, 5.41) is 23.3. The Morgan fingerprint density at radius 3 is 2.46 bits per heavy atom. The molecule has 3 aromatic carbocycles. The lowest BCUT2D eigenvalue weighted by atomic mass is 10.0. The van der Waals surface area contributed by atoms with Gasteiger partial charge in [-0.05, 0) is 61.0 Å². The van der Waals surface area contributed by atoms with E-state index in [-0.39, 0.29) is 23.5 Å². The first-order valence-corrected chi connectivity index (χ1v) is 16.8. The number of nitrogens with zero attached hydrogens (tertiary/aromatic N) is 4. The minimum atomic E-state index is -3.85. The molecule has 4 rings (SSSR count). The molecule has 1 aliphatic heterocycles. The van der Waals surface area contributed by atoms with Crippen LogP contribution < -0.4 is 19.9 Å². The predicted octanol–water partition coefficient (Wildman–Crippen LogP) is 3.28. The van der Waals surface area contributed by atoms with Crippen LogP contribution in [0.1, 0.15) is 25.0 Å². The van der Waals surface area contributed by atoms with Crippen molar-refractivity contribution in [3.8, 4) is 11.8 Å². The Kier molecular flexibility index (Phi) is 9.93. The highest BCUT2D eigenvalue weighted by molar-refractivity contribution is 9.10. The van der Waals surface area contributed by atoms with Crippen LogP contribution in [0.15, 0.2) is 53.0 Å². The molecule has 0 saturated carbocycles. The molecule has 1 heterocycles. The molecule has 3 atom stereocenters. The molecular formula is C31H32BrN5O8S. The largest absolute Gasteiger partial charge is 0.496 e. The summed E-state index contributed by atoms with van der Waals surface area (Å²) in [6.45, 7) is 2.69. The molecule has 0 aromatic heterocycles. The summed E-state index contributed by atoms with van der Waals surface area (Å²) in [5.41, 5.74) is 1.000. The van der Waals surface area contributed by atoms with Crippen molar-refractivity contribution in [3.63, 3.8) is 0 Å². The molecule has 0 fully saturated rings. The van der Waals surface area contributed by atoms with E-state index in [9.17, 15) is 38.0 Å².